The van der Waals surface area contributed by atoms with Gasteiger partial charge in [-0.1, -0.05) is 47.8 Å². The molecule has 1 aliphatic rings. The van der Waals surface area contributed by atoms with Crippen molar-refractivity contribution in [2.45, 2.75) is 6.17 Å². The minimum Gasteiger partial charge on any atom is -0.332 e. The molecule has 4 rings (SSSR count). The number of halogens is 1. The van der Waals surface area contributed by atoms with Crippen molar-refractivity contribution in [3.63, 3.8) is 0 Å². The molecular formula is C22H16FN3O2S. The van der Waals surface area contributed by atoms with Gasteiger partial charge in [-0.15, -0.1) is 0 Å². The van der Waals surface area contributed by atoms with Crippen LogP contribution in [0, 0.1) is 0 Å². The molecule has 0 radical (unpaired) electrons. The highest BCUT2D eigenvalue weighted by molar-refractivity contribution is 7.22. The number of anilines is 2. The monoisotopic (exact) mass is 405 g/mol. The summed E-state index contributed by atoms with van der Waals surface area (Å²) in [4.78, 5) is 25.9. The Labute approximate surface area is 170 Å². The summed E-state index contributed by atoms with van der Waals surface area (Å²) in [5.74, 6) is 0. The summed E-state index contributed by atoms with van der Waals surface area (Å²) < 4.78 is 15.5. The highest BCUT2D eigenvalue weighted by atomic mass is 32.1. The van der Waals surface area contributed by atoms with Gasteiger partial charge in [0.1, 0.15) is 6.29 Å². The number of nitrogens with one attached hydrogen (secondary N) is 2. The Balaban J connectivity index is 1.59. The zero-order chi connectivity index (χ0) is 20.2. The Morgan fingerprint density at radius 2 is 1.90 bits per heavy atom. The molecule has 0 bridgehead atoms. The number of nitrogens with zero attached hydrogens (tertiary/aromatic N) is 1. The predicted octanol–water partition coefficient (Wildman–Crippen LogP) is 4.96. The molecule has 1 aliphatic carbocycles. The quantitative estimate of drug-likeness (QED) is 0.569. The maximum atomic E-state index is 14.7. The Morgan fingerprint density at radius 3 is 2.66 bits per heavy atom. The Hall–Kier alpha value is -3.58. The van der Waals surface area contributed by atoms with E-state index in [0.717, 1.165) is 27.6 Å². The fraction of sp³-hybridized carbons (Fsp3) is 0.0455. The third-order valence-electron chi connectivity index (χ3n) is 4.43. The second kappa shape index (κ2) is 8.20. The lowest BCUT2D eigenvalue weighted by Gasteiger charge is -2.08. The molecule has 1 unspecified atom stereocenters. The summed E-state index contributed by atoms with van der Waals surface area (Å²) in [6.45, 7) is 0. The van der Waals surface area contributed by atoms with Gasteiger partial charge in [0.05, 0.1) is 15.9 Å². The maximum absolute atomic E-state index is 14.7. The van der Waals surface area contributed by atoms with Crippen molar-refractivity contribution in [1.29, 1.82) is 0 Å². The first-order chi connectivity index (χ1) is 14.2. The van der Waals surface area contributed by atoms with E-state index in [4.69, 9.17) is 0 Å². The largest absolute Gasteiger partial charge is 0.332 e. The molecule has 1 aromatic heterocycles. The average molecular weight is 405 g/mol. The maximum Gasteiger partial charge on any atom is 0.211 e. The molecule has 1 atom stereocenters. The van der Waals surface area contributed by atoms with Gasteiger partial charge < -0.3 is 10.6 Å². The molecular weight excluding hydrogens is 389 g/mol. The van der Waals surface area contributed by atoms with Gasteiger partial charge in [-0.05, 0) is 41.5 Å². The SMILES string of the molecule is O=CNc1ccc2nc(NC3=CC=C(c4ccc(C=O)cc4)C=CC3F)sc2c1. The fourth-order valence-electron chi connectivity index (χ4n) is 2.94. The van der Waals surface area contributed by atoms with E-state index in [1.165, 1.54) is 17.4 Å². The molecule has 0 spiro atoms. The van der Waals surface area contributed by atoms with E-state index < -0.39 is 6.17 Å². The summed E-state index contributed by atoms with van der Waals surface area (Å²) in [5.41, 5.74) is 4.15. The van der Waals surface area contributed by atoms with Crippen LogP contribution >= 0.6 is 11.3 Å². The van der Waals surface area contributed by atoms with Gasteiger partial charge in [-0.2, -0.15) is 0 Å². The Morgan fingerprint density at radius 1 is 1.07 bits per heavy atom. The van der Waals surface area contributed by atoms with E-state index in [-0.39, 0.29) is 0 Å². The lowest BCUT2D eigenvalue weighted by Crippen LogP contribution is -2.09. The summed E-state index contributed by atoms with van der Waals surface area (Å²) in [6.07, 6.45) is 6.82. The number of rotatable bonds is 6. The number of fused-ring (bicyclic) bond motifs is 1. The van der Waals surface area contributed by atoms with Crippen molar-refractivity contribution in [3.8, 4) is 0 Å². The van der Waals surface area contributed by atoms with E-state index in [1.54, 1.807) is 36.4 Å². The fourth-order valence-corrected chi connectivity index (χ4v) is 3.86. The normalized spacial score (nSPS) is 16.0. The van der Waals surface area contributed by atoms with Gasteiger partial charge in [0.25, 0.3) is 0 Å². The van der Waals surface area contributed by atoms with Crippen LogP contribution in [0.2, 0.25) is 0 Å². The first-order valence-electron chi connectivity index (χ1n) is 8.84. The van der Waals surface area contributed by atoms with Crippen LogP contribution in [0.5, 0.6) is 0 Å². The third-order valence-corrected chi connectivity index (χ3v) is 5.36. The standard InChI is InChI=1S/C22H16FN3O2S/c23-18-8-5-16(15-3-1-14(12-27)2-4-15)6-9-19(18)25-22-26-20-10-7-17(24-13-28)11-21(20)29-22/h1-13,18H,(H,24,28)(H,25,26). The minimum atomic E-state index is -1.31. The Kier molecular flexibility index (Phi) is 5.31. The van der Waals surface area contributed by atoms with Crippen LogP contribution < -0.4 is 10.6 Å². The molecule has 3 aromatic rings. The Bertz CT molecular complexity index is 1160. The van der Waals surface area contributed by atoms with Crippen molar-refractivity contribution in [2.75, 3.05) is 10.6 Å². The number of carbonyl (C=O) groups excluding carboxylic acids is 2. The van der Waals surface area contributed by atoms with Gasteiger partial charge in [0.2, 0.25) is 6.41 Å². The van der Waals surface area contributed by atoms with Crippen LogP contribution in [0.25, 0.3) is 15.8 Å². The number of thiazole rings is 1. The number of alkyl halides is 1. The number of aromatic nitrogens is 1. The van der Waals surface area contributed by atoms with Crippen molar-refractivity contribution < 1.29 is 14.0 Å². The molecule has 7 heteroatoms. The topological polar surface area (TPSA) is 71.1 Å². The number of benzene rings is 2. The zero-order valence-corrected chi connectivity index (χ0v) is 15.9. The highest BCUT2D eigenvalue weighted by Gasteiger charge is 2.15. The second-order valence-corrected chi connectivity index (χ2v) is 7.36. The molecule has 144 valence electrons. The average Bonchev–Trinajstić information content (AvgIpc) is 3.05. The molecule has 2 aromatic carbocycles. The molecule has 29 heavy (non-hydrogen) atoms. The van der Waals surface area contributed by atoms with Crippen molar-refractivity contribution in [1.82, 2.24) is 4.98 Å². The third kappa shape index (κ3) is 4.14. The number of carbonyl (C=O) groups is 2. The minimum absolute atomic E-state index is 0.381. The van der Waals surface area contributed by atoms with E-state index in [2.05, 4.69) is 15.6 Å². The molecule has 1 heterocycles. The van der Waals surface area contributed by atoms with Gasteiger partial charge in [-0.25, -0.2) is 9.37 Å². The summed E-state index contributed by atoms with van der Waals surface area (Å²) >= 11 is 1.38. The van der Waals surface area contributed by atoms with E-state index >= 15 is 0 Å². The first-order valence-corrected chi connectivity index (χ1v) is 9.65. The van der Waals surface area contributed by atoms with Crippen molar-refractivity contribution in [2.24, 2.45) is 0 Å². The number of hydrogen-bond acceptors (Lipinski definition) is 5. The summed E-state index contributed by atoms with van der Waals surface area (Å²) in [6, 6.07) is 12.5. The molecule has 0 aliphatic heterocycles. The number of allylic oxidation sites excluding steroid dienone is 5. The second-order valence-electron chi connectivity index (χ2n) is 6.33. The number of amides is 1. The predicted molar refractivity (Wildman–Crippen MR) is 115 cm³/mol. The van der Waals surface area contributed by atoms with Gasteiger partial charge in [-0.3, -0.25) is 9.59 Å². The molecule has 2 N–H and O–H groups in total. The van der Waals surface area contributed by atoms with Crippen LogP contribution in [-0.2, 0) is 4.79 Å². The van der Waals surface area contributed by atoms with Gasteiger partial charge >= 0.3 is 0 Å². The molecule has 0 fully saturated rings. The highest BCUT2D eigenvalue weighted by Crippen LogP contribution is 2.30. The van der Waals surface area contributed by atoms with Crippen LogP contribution in [0.4, 0.5) is 15.2 Å². The zero-order valence-electron chi connectivity index (χ0n) is 15.1. The molecule has 5 nitrogen and oxygen atoms in total. The van der Waals surface area contributed by atoms with E-state index in [1.807, 2.05) is 24.3 Å². The molecule has 0 saturated heterocycles. The molecule has 0 saturated carbocycles. The summed E-state index contributed by atoms with van der Waals surface area (Å²) in [5, 5.41) is 6.23. The van der Waals surface area contributed by atoms with Gasteiger partial charge in [0.15, 0.2) is 11.3 Å². The summed E-state index contributed by atoms with van der Waals surface area (Å²) in [7, 11) is 0. The van der Waals surface area contributed by atoms with Gasteiger partial charge in [0, 0.05) is 11.3 Å². The van der Waals surface area contributed by atoms with Crippen LogP contribution in [0.15, 0.2) is 72.5 Å². The van der Waals surface area contributed by atoms with E-state index in [0.29, 0.717) is 28.5 Å². The number of aldehydes is 1. The first kappa shape index (κ1) is 18.8. The lowest BCUT2D eigenvalue weighted by molar-refractivity contribution is -0.105. The van der Waals surface area contributed by atoms with Crippen LogP contribution in [0.3, 0.4) is 0 Å². The van der Waals surface area contributed by atoms with Crippen LogP contribution in [0.1, 0.15) is 15.9 Å². The number of hydrogen-bond donors (Lipinski definition) is 2. The van der Waals surface area contributed by atoms with Crippen molar-refractivity contribution >= 4 is 50.6 Å². The van der Waals surface area contributed by atoms with E-state index in [9.17, 15) is 14.0 Å². The molecule has 1 amide bonds. The smallest absolute Gasteiger partial charge is 0.211 e. The van der Waals surface area contributed by atoms with Crippen molar-refractivity contribution in [3.05, 3.63) is 83.6 Å². The van der Waals surface area contributed by atoms with Crippen LogP contribution in [-0.4, -0.2) is 23.9 Å². The lowest BCUT2D eigenvalue weighted by atomic mass is 10.0.